The van der Waals surface area contributed by atoms with Gasteiger partial charge in [0.2, 0.25) is 0 Å². The van der Waals surface area contributed by atoms with Crippen LogP contribution in [-0.2, 0) is 20.9 Å². The van der Waals surface area contributed by atoms with E-state index < -0.39 is 17.4 Å². The molecule has 130 valence electrons. The van der Waals surface area contributed by atoms with E-state index >= 15 is 0 Å². The summed E-state index contributed by atoms with van der Waals surface area (Å²) in [6.45, 7) is 3.81. The Morgan fingerprint density at radius 3 is 2.84 bits per heavy atom. The molecule has 25 heavy (non-hydrogen) atoms. The van der Waals surface area contributed by atoms with Gasteiger partial charge in [-0.05, 0) is 49.2 Å². The Labute approximate surface area is 146 Å². The minimum atomic E-state index is -1.65. The molecule has 3 rings (SSSR count). The van der Waals surface area contributed by atoms with Crippen molar-refractivity contribution in [2.24, 2.45) is 0 Å². The highest BCUT2D eigenvalue weighted by Crippen LogP contribution is 2.34. The molecule has 0 saturated heterocycles. The third-order valence-electron chi connectivity index (χ3n) is 4.06. The van der Waals surface area contributed by atoms with Crippen LogP contribution in [0.25, 0.3) is 0 Å². The van der Waals surface area contributed by atoms with Crippen LogP contribution in [0.2, 0.25) is 0 Å². The Morgan fingerprint density at radius 1 is 1.28 bits per heavy atom. The van der Waals surface area contributed by atoms with Crippen LogP contribution < -0.4 is 15.4 Å². The Hall–Kier alpha value is -2.86. The van der Waals surface area contributed by atoms with E-state index in [1.807, 2.05) is 25.1 Å². The lowest BCUT2D eigenvalue weighted by molar-refractivity contribution is -0.143. The van der Waals surface area contributed by atoms with Crippen molar-refractivity contribution in [3.05, 3.63) is 53.6 Å². The van der Waals surface area contributed by atoms with E-state index in [2.05, 4.69) is 10.6 Å². The SMILES string of the molecule is COCc1cccc(NC(=O)C2(C)Oc3ccc(C)cc3NC2=O)c1. The fourth-order valence-corrected chi connectivity index (χ4v) is 2.64. The zero-order valence-electron chi connectivity index (χ0n) is 14.4. The molecule has 6 nitrogen and oxygen atoms in total. The highest BCUT2D eigenvalue weighted by atomic mass is 16.5. The van der Waals surface area contributed by atoms with Crippen molar-refractivity contribution < 1.29 is 19.1 Å². The van der Waals surface area contributed by atoms with Gasteiger partial charge in [-0.2, -0.15) is 0 Å². The summed E-state index contributed by atoms with van der Waals surface area (Å²) in [4.78, 5) is 25.2. The topological polar surface area (TPSA) is 76.7 Å². The lowest BCUT2D eigenvalue weighted by atomic mass is 10.0. The van der Waals surface area contributed by atoms with Gasteiger partial charge in [0.25, 0.3) is 17.4 Å². The molecule has 1 atom stereocenters. The van der Waals surface area contributed by atoms with E-state index in [-0.39, 0.29) is 0 Å². The maximum absolute atomic E-state index is 12.7. The highest BCUT2D eigenvalue weighted by molar-refractivity contribution is 6.19. The zero-order chi connectivity index (χ0) is 18.0. The van der Waals surface area contributed by atoms with E-state index in [1.54, 1.807) is 31.4 Å². The summed E-state index contributed by atoms with van der Waals surface area (Å²) in [6, 6.07) is 12.7. The van der Waals surface area contributed by atoms with Crippen LogP contribution in [0, 0.1) is 6.92 Å². The molecule has 2 N–H and O–H groups in total. The first-order valence-electron chi connectivity index (χ1n) is 7.93. The van der Waals surface area contributed by atoms with Crippen LogP contribution in [0.4, 0.5) is 11.4 Å². The van der Waals surface area contributed by atoms with Crippen molar-refractivity contribution in [3.63, 3.8) is 0 Å². The smallest absolute Gasteiger partial charge is 0.278 e. The number of methoxy groups -OCH3 is 1. The second-order valence-corrected chi connectivity index (χ2v) is 6.18. The number of rotatable bonds is 4. The van der Waals surface area contributed by atoms with Crippen LogP contribution in [0.5, 0.6) is 5.75 Å². The van der Waals surface area contributed by atoms with Gasteiger partial charge in [0, 0.05) is 12.8 Å². The van der Waals surface area contributed by atoms with Crippen molar-refractivity contribution in [1.29, 1.82) is 0 Å². The molecule has 2 aromatic rings. The minimum absolute atomic E-state index is 0.435. The number of aryl methyl sites for hydroxylation is 1. The molecule has 1 unspecified atom stereocenters. The van der Waals surface area contributed by atoms with Gasteiger partial charge in [0.05, 0.1) is 12.3 Å². The molecular formula is C19H20N2O4. The van der Waals surface area contributed by atoms with Gasteiger partial charge < -0.3 is 20.1 Å². The number of hydrogen-bond donors (Lipinski definition) is 2. The number of carbonyl (C=O) groups excluding carboxylic acids is 2. The summed E-state index contributed by atoms with van der Waals surface area (Å²) in [5, 5.41) is 5.49. The lowest BCUT2D eigenvalue weighted by Crippen LogP contribution is -2.56. The minimum Gasteiger partial charge on any atom is -0.466 e. The average Bonchev–Trinajstić information content (AvgIpc) is 2.57. The number of ether oxygens (including phenoxy) is 2. The van der Waals surface area contributed by atoms with Crippen molar-refractivity contribution in [1.82, 2.24) is 0 Å². The number of benzene rings is 2. The van der Waals surface area contributed by atoms with Crippen LogP contribution in [0.3, 0.4) is 0 Å². The first-order chi connectivity index (χ1) is 11.9. The fourth-order valence-electron chi connectivity index (χ4n) is 2.64. The summed E-state index contributed by atoms with van der Waals surface area (Å²) >= 11 is 0. The molecular weight excluding hydrogens is 320 g/mol. The standard InChI is InChI=1S/C19H20N2O4/c1-12-7-8-16-15(9-12)21-18(23)19(2,25-16)17(22)20-14-6-4-5-13(10-14)11-24-3/h4-10H,11H2,1-3H3,(H,20,22)(H,21,23). The Morgan fingerprint density at radius 2 is 2.08 bits per heavy atom. The van der Waals surface area contributed by atoms with Gasteiger partial charge in [0.15, 0.2) is 0 Å². The lowest BCUT2D eigenvalue weighted by Gasteiger charge is -2.33. The molecule has 0 aliphatic carbocycles. The van der Waals surface area contributed by atoms with Crippen molar-refractivity contribution in [2.45, 2.75) is 26.1 Å². The molecule has 1 aliphatic rings. The second kappa shape index (κ2) is 6.57. The zero-order valence-corrected chi connectivity index (χ0v) is 14.4. The van der Waals surface area contributed by atoms with Crippen LogP contribution in [0.15, 0.2) is 42.5 Å². The molecule has 2 amide bonds. The second-order valence-electron chi connectivity index (χ2n) is 6.18. The van der Waals surface area contributed by atoms with Crippen molar-refractivity contribution in [3.8, 4) is 5.75 Å². The van der Waals surface area contributed by atoms with Crippen LogP contribution in [-0.4, -0.2) is 24.5 Å². The van der Waals surface area contributed by atoms with E-state index in [4.69, 9.17) is 9.47 Å². The monoisotopic (exact) mass is 340 g/mol. The van der Waals surface area contributed by atoms with Gasteiger partial charge >= 0.3 is 0 Å². The van der Waals surface area contributed by atoms with Crippen LogP contribution >= 0.6 is 0 Å². The Bertz CT molecular complexity index is 834. The van der Waals surface area contributed by atoms with Gasteiger partial charge in [-0.1, -0.05) is 18.2 Å². The summed E-state index contributed by atoms with van der Waals surface area (Å²) in [5.74, 6) is -0.571. The summed E-state index contributed by atoms with van der Waals surface area (Å²) in [6.07, 6.45) is 0. The van der Waals surface area contributed by atoms with Gasteiger partial charge in [-0.25, -0.2) is 0 Å². The van der Waals surface area contributed by atoms with E-state index in [9.17, 15) is 9.59 Å². The number of anilines is 2. The molecule has 0 fully saturated rings. The van der Waals surface area contributed by atoms with Crippen LogP contribution in [0.1, 0.15) is 18.1 Å². The summed E-state index contributed by atoms with van der Waals surface area (Å²) < 4.78 is 10.8. The molecule has 6 heteroatoms. The third kappa shape index (κ3) is 3.34. The van der Waals surface area contributed by atoms with E-state index in [0.29, 0.717) is 23.7 Å². The molecule has 0 aromatic heterocycles. The molecule has 0 radical (unpaired) electrons. The number of fused-ring (bicyclic) bond motifs is 1. The molecule has 2 aromatic carbocycles. The largest absolute Gasteiger partial charge is 0.466 e. The molecule has 0 spiro atoms. The summed E-state index contributed by atoms with van der Waals surface area (Å²) in [5.41, 5.74) is 1.40. The quantitative estimate of drug-likeness (QED) is 0.839. The molecule has 1 aliphatic heterocycles. The predicted molar refractivity (Wildman–Crippen MR) is 94.6 cm³/mol. The summed E-state index contributed by atoms with van der Waals surface area (Å²) in [7, 11) is 1.60. The maximum Gasteiger partial charge on any atom is 0.278 e. The normalized spacial score (nSPS) is 18.8. The highest BCUT2D eigenvalue weighted by Gasteiger charge is 2.47. The first kappa shape index (κ1) is 17.0. The van der Waals surface area contributed by atoms with E-state index in [0.717, 1.165) is 11.1 Å². The van der Waals surface area contributed by atoms with Gasteiger partial charge in [0.1, 0.15) is 5.75 Å². The van der Waals surface area contributed by atoms with Gasteiger partial charge in [-0.3, -0.25) is 9.59 Å². The first-order valence-corrected chi connectivity index (χ1v) is 7.93. The van der Waals surface area contributed by atoms with E-state index in [1.165, 1.54) is 6.92 Å². The van der Waals surface area contributed by atoms with Crippen molar-refractivity contribution in [2.75, 3.05) is 17.7 Å². The average molecular weight is 340 g/mol. The number of amides is 2. The molecule has 1 heterocycles. The number of nitrogens with one attached hydrogen (secondary N) is 2. The Kier molecular flexibility index (Phi) is 4.46. The Balaban J connectivity index is 1.82. The third-order valence-corrected chi connectivity index (χ3v) is 4.06. The fraction of sp³-hybridized carbons (Fsp3) is 0.263. The number of carbonyl (C=O) groups is 2. The number of hydrogen-bond acceptors (Lipinski definition) is 4. The molecule has 0 saturated carbocycles. The maximum atomic E-state index is 12.7. The van der Waals surface area contributed by atoms with Crippen molar-refractivity contribution >= 4 is 23.2 Å². The van der Waals surface area contributed by atoms with Gasteiger partial charge in [-0.15, -0.1) is 0 Å². The predicted octanol–water partition coefficient (Wildman–Crippen LogP) is 2.87. The molecule has 0 bridgehead atoms.